The van der Waals surface area contributed by atoms with E-state index in [4.69, 9.17) is 5.73 Å². The molecule has 1 fully saturated rings. The molecule has 1 aromatic rings. The number of carbonyl (C=O) groups is 1. The maximum atomic E-state index is 12.0. The van der Waals surface area contributed by atoms with Crippen LogP contribution in [0.5, 0.6) is 0 Å². The zero-order valence-corrected chi connectivity index (χ0v) is 10.9. The third-order valence-electron chi connectivity index (χ3n) is 3.18. The Kier molecular flexibility index (Phi) is 4.97. The molecule has 1 atom stereocenters. The summed E-state index contributed by atoms with van der Waals surface area (Å²) in [5, 5.41) is 0. The zero-order valence-electron chi connectivity index (χ0n) is 10.1. The van der Waals surface area contributed by atoms with E-state index in [1.165, 1.54) is 5.56 Å². The number of nitrogens with two attached hydrogens (primary N) is 1. The Hall–Kier alpha value is -1.06. The first-order valence-corrected chi connectivity index (χ1v) is 5.74. The highest BCUT2D eigenvalue weighted by atomic mass is 35.5. The van der Waals surface area contributed by atoms with Gasteiger partial charge in [-0.3, -0.25) is 4.79 Å². The molecule has 1 heterocycles. The lowest BCUT2D eigenvalue weighted by Crippen LogP contribution is -2.33. The van der Waals surface area contributed by atoms with Crippen LogP contribution in [0, 0.1) is 6.92 Å². The van der Waals surface area contributed by atoms with Gasteiger partial charge >= 0.3 is 0 Å². The SMILES string of the molecule is Cc1ccccc1CC(=O)N1CC[C@@H](N)C1.Cl. The van der Waals surface area contributed by atoms with Gasteiger partial charge in [-0.2, -0.15) is 0 Å². The molecule has 2 rings (SSSR count). The lowest BCUT2D eigenvalue weighted by molar-refractivity contribution is -0.129. The van der Waals surface area contributed by atoms with E-state index < -0.39 is 0 Å². The maximum absolute atomic E-state index is 12.0. The van der Waals surface area contributed by atoms with Crippen LogP contribution in [0.2, 0.25) is 0 Å². The monoisotopic (exact) mass is 254 g/mol. The highest BCUT2D eigenvalue weighted by Crippen LogP contribution is 2.12. The minimum atomic E-state index is 0. The number of rotatable bonds is 2. The van der Waals surface area contributed by atoms with Crippen LogP contribution in [0.1, 0.15) is 17.5 Å². The number of likely N-dealkylation sites (tertiary alicyclic amines) is 1. The number of halogens is 1. The summed E-state index contributed by atoms with van der Waals surface area (Å²) in [5.74, 6) is 0.197. The molecule has 1 amide bonds. The summed E-state index contributed by atoms with van der Waals surface area (Å²) in [6, 6.07) is 8.20. The molecule has 1 aliphatic rings. The summed E-state index contributed by atoms with van der Waals surface area (Å²) in [5.41, 5.74) is 8.09. The number of aryl methyl sites for hydroxylation is 1. The average molecular weight is 255 g/mol. The van der Waals surface area contributed by atoms with E-state index in [0.717, 1.165) is 18.5 Å². The molecular weight excluding hydrogens is 236 g/mol. The smallest absolute Gasteiger partial charge is 0.227 e. The van der Waals surface area contributed by atoms with E-state index in [1.54, 1.807) is 0 Å². The third-order valence-corrected chi connectivity index (χ3v) is 3.18. The van der Waals surface area contributed by atoms with Crippen LogP contribution < -0.4 is 5.73 Å². The predicted octanol–water partition coefficient (Wildman–Crippen LogP) is 1.52. The lowest BCUT2D eigenvalue weighted by atomic mass is 10.1. The number of nitrogens with zero attached hydrogens (tertiary/aromatic N) is 1. The van der Waals surface area contributed by atoms with Gasteiger partial charge in [-0.1, -0.05) is 24.3 Å². The molecule has 0 aliphatic carbocycles. The fourth-order valence-electron chi connectivity index (χ4n) is 2.10. The van der Waals surface area contributed by atoms with E-state index in [9.17, 15) is 4.79 Å². The number of hydrogen-bond acceptors (Lipinski definition) is 2. The van der Waals surface area contributed by atoms with Crippen LogP contribution in [-0.2, 0) is 11.2 Å². The van der Waals surface area contributed by atoms with Crippen molar-refractivity contribution in [1.82, 2.24) is 4.90 Å². The highest BCUT2D eigenvalue weighted by molar-refractivity contribution is 5.85. The van der Waals surface area contributed by atoms with E-state index in [1.807, 2.05) is 36.1 Å². The summed E-state index contributed by atoms with van der Waals surface area (Å²) in [7, 11) is 0. The Bertz CT molecular complexity index is 395. The molecule has 1 aliphatic heterocycles. The van der Waals surface area contributed by atoms with Gasteiger partial charge in [0.05, 0.1) is 6.42 Å². The highest BCUT2D eigenvalue weighted by Gasteiger charge is 2.23. The minimum Gasteiger partial charge on any atom is -0.341 e. The van der Waals surface area contributed by atoms with Gasteiger partial charge in [0.15, 0.2) is 0 Å². The quantitative estimate of drug-likeness (QED) is 0.870. The average Bonchev–Trinajstić information content (AvgIpc) is 2.68. The van der Waals surface area contributed by atoms with E-state index in [2.05, 4.69) is 0 Å². The third kappa shape index (κ3) is 3.45. The van der Waals surface area contributed by atoms with Crippen molar-refractivity contribution in [2.75, 3.05) is 13.1 Å². The predicted molar refractivity (Wildman–Crippen MR) is 71.3 cm³/mol. The minimum absolute atomic E-state index is 0. The molecule has 1 aromatic carbocycles. The fraction of sp³-hybridized carbons (Fsp3) is 0.462. The first kappa shape index (κ1) is 14.0. The van der Waals surface area contributed by atoms with Crippen LogP contribution in [0.15, 0.2) is 24.3 Å². The molecule has 3 nitrogen and oxygen atoms in total. The molecule has 94 valence electrons. The molecule has 0 unspecified atom stereocenters. The molecular formula is C13H19ClN2O. The molecule has 0 spiro atoms. The van der Waals surface area contributed by atoms with Crippen molar-refractivity contribution in [2.45, 2.75) is 25.8 Å². The molecule has 0 bridgehead atoms. The first-order valence-electron chi connectivity index (χ1n) is 5.74. The van der Waals surface area contributed by atoms with Gasteiger partial charge in [-0.15, -0.1) is 12.4 Å². The van der Waals surface area contributed by atoms with Gasteiger partial charge in [0.25, 0.3) is 0 Å². The van der Waals surface area contributed by atoms with Crippen molar-refractivity contribution in [3.05, 3.63) is 35.4 Å². The van der Waals surface area contributed by atoms with Gasteiger partial charge in [0.2, 0.25) is 5.91 Å². The van der Waals surface area contributed by atoms with Gasteiger partial charge in [-0.05, 0) is 24.5 Å². The Balaban J connectivity index is 0.00000144. The van der Waals surface area contributed by atoms with E-state index in [0.29, 0.717) is 13.0 Å². The molecule has 17 heavy (non-hydrogen) atoms. The Morgan fingerprint density at radius 1 is 1.47 bits per heavy atom. The van der Waals surface area contributed by atoms with Crippen LogP contribution in [0.4, 0.5) is 0 Å². The second kappa shape index (κ2) is 6.03. The first-order chi connectivity index (χ1) is 7.66. The number of hydrogen-bond donors (Lipinski definition) is 1. The molecule has 4 heteroatoms. The van der Waals surface area contributed by atoms with Crippen molar-refractivity contribution < 1.29 is 4.79 Å². The number of carbonyl (C=O) groups excluding carboxylic acids is 1. The van der Waals surface area contributed by atoms with Crippen LogP contribution in [0.3, 0.4) is 0 Å². The largest absolute Gasteiger partial charge is 0.341 e. The molecule has 0 aromatic heterocycles. The van der Waals surface area contributed by atoms with Crippen molar-refractivity contribution in [1.29, 1.82) is 0 Å². The topological polar surface area (TPSA) is 46.3 Å². The van der Waals surface area contributed by atoms with Crippen LogP contribution in [-0.4, -0.2) is 29.9 Å². The van der Waals surface area contributed by atoms with Crippen LogP contribution >= 0.6 is 12.4 Å². The summed E-state index contributed by atoms with van der Waals surface area (Å²) < 4.78 is 0. The summed E-state index contributed by atoms with van der Waals surface area (Å²) in [4.78, 5) is 13.9. The molecule has 0 saturated carbocycles. The van der Waals surface area contributed by atoms with E-state index >= 15 is 0 Å². The van der Waals surface area contributed by atoms with E-state index in [-0.39, 0.29) is 24.4 Å². The van der Waals surface area contributed by atoms with Gasteiger partial charge in [-0.25, -0.2) is 0 Å². The number of benzene rings is 1. The second-order valence-electron chi connectivity index (χ2n) is 4.49. The standard InChI is InChI=1S/C13H18N2O.ClH/c1-10-4-2-3-5-11(10)8-13(16)15-7-6-12(14)9-15;/h2-5,12H,6-9,14H2,1H3;1H/t12-;/m1./s1. The zero-order chi connectivity index (χ0) is 11.5. The Labute approximate surface area is 108 Å². The summed E-state index contributed by atoms with van der Waals surface area (Å²) in [6.45, 7) is 3.56. The van der Waals surface area contributed by atoms with Crippen LogP contribution in [0.25, 0.3) is 0 Å². The molecule has 2 N–H and O–H groups in total. The van der Waals surface area contributed by atoms with Gasteiger partial charge in [0, 0.05) is 19.1 Å². The van der Waals surface area contributed by atoms with Gasteiger partial charge in [0.1, 0.15) is 0 Å². The normalized spacial score (nSPS) is 18.9. The summed E-state index contributed by atoms with van der Waals surface area (Å²) in [6.07, 6.45) is 1.43. The fourth-order valence-corrected chi connectivity index (χ4v) is 2.10. The lowest BCUT2D eigenvalue weighted by Gasteiger charge is -2.16. The van der Waals surface area contributed by atoms with Crippen molar-refractivity contribution >= 4 is 18.3 Å². The Morgan fingerprint density at radius 2 is 2.18 bits per heavy atom. The molecule has 1 saturated heterocycles. The number of amides is 1. The van der Waals surface area contributed by atoms with Crippen molar-refractivity contribution in [3.63, 3.8) is 0 Å². The second-order valence-corrected chi connectivity index (χ2v) is 4.49. The Morgan fingerprint density at radius 3 is 2.76 bits per heavy atom. The maximum Gasteiger partial charge on any atom is 0.227 e. The summed E-state index contributed by atoms with van der Waals surface area (Å²) >= 11 is 0. The van der Waals surface area contributed by atoms with Gasteiger partial charge < -0.3 is 10.6 Å². The van der Waals surface area contributed by atoms with Crippen molar-refractivity contribution in [2.24, 2.45) is 5.73 Å². The molecule has 0 radical (unpaired) electrons. The van der Waals surface area contributed by atoms with Crippen molar-refractivity contribution in [3.8, 4) is 0 Å².